The van der Waals surface area contributed by atoms with Crippen molar-refractivity contribution in [2.75, 3.05) is 11.9 Å². The molecule has 1 N–H and O–H groups in total. The van der Waals surface area contributed by atoms with Crippen LogP contribution in [0.15, 0.2) is 4.47 Å². The Morgan fingerprint density at radius 2 is 1.96 bits per heavy atom. The normalized spacial score (nSPS) is 11.5. The van der Waals surface area contributed by atoms with Gasteiger partial charge in [-0.2, -0.15) is 18.3 Å². The number of nitrogens with one attached hydrogen (secondary N) is 1. The summed E-state index contributed by atoms with van der Waals surface area (Å²) in [6.45, 7) is 5.27. The van der Waals surface area contributed by atoms with Crippen LogP contribution in [-0.2, 0) is 18.0 Å². The molecule has 2 aromatic heterocycles. The molecule has 2 aromatic rings. The molecule has 0 aliphatic carbocycles. The first-order valence-corrected chi connectivity index (χ1v) is 8.98. The predicted molar refractivity (Wildman–Crippen MR) is 93.6 cm³/mol. The Morgan fingerprint density at radius 3 is 2.46 bits per heavy atom. The first-order chi connectivity index (χ1) is 12.0. The van der Waals surface area contributed by atoms with Gasteiger partial charge in [-0.05, 0) is 42.3 Å². The molecule has 11 heteroatoms. The summed E-state index contributed by atoms with van der Waals surface area (Å²) in [7, 11) is 1.23. The number of carbonyl (C=O) groups excluding carboxylic acids is 2. The average Bonchev–Trinajstić information content (AvgIpc) is 2.96. The lowest BCUT2D eigenvalue weighted by Crippen LogP contribution is -2.18. The van der Waals surface area contributed by atoms with Crippen LogP contribution in [0.2, 0.25) is 0 Å². The Morgan fingerprint density at radius 1 is 1.35 bits per heavy atom. The summed E-state index contributed by atoms with van der Waals surface area (Å²) in [6.07, 6.45) is -4.71. The van der Waals surface area contributed by atoms with Gasteiger partial charge in [0.2, 0.25) is 0 Å². The summed E-state index contributed by atoms with van der Waals surface area (Å²) in [4.78, 5) is 25.5. The molecule has 0 saturated carbocycles. The van der Waals surface area contributed by atoms with Gasteiger partial charge in [0.25, 0.3) is 5.91 Å². The van der Waals surface area contributed by atoms with Gasteiger partial charge < -0.3 is 10.1 Å². The first kappa shape index (κ1) is 20.4. The monoisotopic (exact) mass is 453 g/mol. The third-order valence-electron chi connectivity index (χ3n) is 3.56. The second-order valence-electron chi connectivity index (χ2n) is 5.29. The van der Waals surface area contributed by atoms with Gasteiger partial charge in [-0.3, -0.25) is 9.48 Å². The number of thiophene rings is 1. The van der Waals surface area contributed by atoms with Gasteiger partial charge in [0.05, 0.1) is 16.6 Å². The van der Waals surface area contributed by atoms with Crippen molar-refractivity contribution >= 4 is 44.1 Å². The van der Waals surface area contributed by atoms with E-state index in [-0.39, 0.29) is 22.9 Å². The lowest BCUT2D eigenvalue weighted by molar-refractivity contribution is -0.142. The van der Waals surface area contributed by atoms with Crippen LogP contribution in [0, 0.1) is 13.8 Å². The molecular weight excluding hydrogens is 439 g/mol. The highest BCUT2D eigenvalue weighted by molar-refractivity contribution is 9.10. The van der Waals surface area contributed by atoms with Gasteiger partial charge >= 0.3 is 12.1 Å². The molecule has 0 aliphatic heterocycles. The zero-order chi connectivity index (χ0) is 19.8. The molecule has 0 unspecified atom stereocenters. The van der Waals surface area contributed by atoms with Gasteiger partial charge in [0.1, 0.15) is 10.7 Å². The van der Waals surface area contributed by atoms with Crippen molar-refractivity contribution in [1.29, 1.82) is 0 Å². The number of ether oxygens (including phenoxy) is 1. The van der Waals surface area contributed by atoms with Gasteiger partial charge in [0.15, 0.2) is 5.69 Å². The second kappa shape index (κ2) is 7.39. The van der Waals surface area contributed by atoms with Gasteiger partial charge in [-0.25, -0.2) is 4.79 Å². The van der Waals surface area contributed by atoms with Crippen LogP contribution < -0.4 is 5.32 Å². The number of esters is 1. The van der Waals surface area contributed by atoms with E-state index in [0.717, 1.165) is 20.9 Å². The fourth-order valence-corrected chi connectivity index (χ4v) is 4.04. The Balaban J connectivity index is 2.42. The molecule has 142 valence electrons. The maximum atomic E-state index is 12.9. The molecule has 0 fully saturated rings. The minimum atomic E-state index is -4.71. The van der Waals surface area contributed by atoms with Crippen molar-refractivity contribution in [2.24, 2.45) is 7.05 Å². The topological polar surface area (TPSA) is 73.2 Å². The summed E-state index contributed by atoms with van der Waals surface area (Å²) >= 11 is 3.93. The van der Waals surface area contributed by atoms with Crippen LogP contribution in [-0.4, -0.2) is 28.3 Å². The maximum Gasteiger partial charge on any atom is 0.436 e. The number of anilines is 1. The average molecular weight is 454 g/mol. The van der Waals surface area contributed by atoms with Crippen molar-refractivity contribution in [1.82, 2.24) is 9.78 Å². The molecular formula is C15H15BrF3N3O3S. The Labute approximate surface area is 159 Å². The number of alkyl halides is 3. The van der Waals surface area contributed by atoms with Crippen molar-refractivity contribution < 1.29 is 27.5 Å². The standard InChI is InChI=1S/C15H15BrF3N3O3S/c1-5-25-14(24)8-6(2)7(3)26-13(8)20-12(23)10-9(16)11(15(17,18)19)21-22(10)4/h5H2,1-4H3,(H,20,23). The molecule has 0 aliphatic rings. The van der Waals surface area contributed by atoms with Gasteiger partial charge in [0, 0.05) is 11.9 Å². The van der Waals surface area contributed by atoms with E-state index in [2.05, 4.69) is 26.3 Å². The molecule has 0 spiro atoms. The number of rotatable bonds is 4. The third kappa shape index (κ3) is 3.78. The first-order valence-electron chi connectivity index (χ1n) is 7.37. The number of hydrogen-bond donors (Lipinski definition) is 1. The van der Waals surface area contributed by atoms with E-state index >= 15 is 0 Å². The van der Waals surface area contributed by atoms with Gasteiger partial charge in [-0.1, -0.05) is 0 Å². The lowest BCUT2D eigenvalue weighted by atomic mass is 10.1. The molecule has 1 amide bonds. The van der Waals surface area contributed by atoms with Crippen LogP contribution in [0.4, 0.5) is 18.2 Å². The minimum Gasteiger partial charge on any atom is -0.462 e. The van der Waals surface area contributed by atoms with E-state index in [9.17, 15) is 22.8 Å². The number of amides is 1. The number of aromatic nitrogens is 2. The number of aryl methyl sites for hydroxylation is 2. The van der Waals surface area contributed by atoms with E-state index in [0.29, 0.717) is 5.56 Å². The molecule has 26 heavy (non-hydrogen) atoms. The van der Waals surface area contributed by atoms with Crippen LogP contribution in [0.5, 0.6) is 0 Å². The number of nitrogens with zero attached hydrogens (tertiary/aromatic N) is 2. The summed E-state index contributed by atoms with van der Waals surface area (Å²) < 4.78 is 44.2. The van der Waals surface area contributed by atoms with E-state index in [4.69, 9.17) is 4.74 Å². The molecule has 0 bridgehead atoms. The molecule has 0 atom stereocenters. The molecule has 0 saturated heterocycles. The molecule has 2 heterocycles. The zero-order valence-electron chi connectivity index (χ0n) is 14.2. The highest BCUT2D eigenvalue weighted by Crippen LogP contribution is 2.37. The van der Waals surface area contributed by atoms with Crippen molar-refractivity contribution in [3.8, 4) is 0 Å². The number of carbonyl (C=O) groups is 2. The van der Waals surface area contributed by atoms with Crippen molar-refractivity contribution in [2.45, 2.75) is 26.9 Å². The second-order valence-corrected chi connectivity index (χ2v) is 7.31. The summed E-state index contributed by atoms with van der Waals surface area (Å²) in [5, 5.41) is 6.06. The fourth-order valence-electron chi connectivity index (χ4n) is 2.25. The maximum absolute atomic E-state index is 12.9. The van der Waals surface area contributed by atoms with E-state index in [1.54, 1.807) is 20.8 Å². The summed E-state index contributed by atoms with van der Waals surface area (Å²) in [5.74, 6) is -1.43. The van der Waals surface area contributed by atoms with E-state index in [1.807, 2.05) is 0 Å². The Hall–Kier alpha value is -1.88. The smallest absolute Gasteiger partial charge is 0.436 e. The Kier molecular flexibility index (Phi) is 5.81. The van der Waals surface area contributed by atoms with E-state index < -0.39 is 28.2 Å². The largest absolute Gasteiger partial charge is 0.462 e. The van der Waals surface area contributed by atoms with E-state index in [1.165, 1.54) is 7.05 Å². The lowest BCUT2D eigenvalue weighted by Gasteiger charge is -2.08. The molecule has 2 rings (SSSR count). The molecule has 0 radical (unpaired) electrons. The zero-order valence-corrected chi connectivity index (χ0v) is 16.6. The number of halogens is 4. The highest BCUT2D eigenvalue weighted by atomic mass is 79.9. The van der Waals surface area contributed by atoms with Crippen LogP contribution in [0.3, 0.4) is 0 Å². The van der Waals surface area contributed by atoms with Crippen LogP contribution >= 0.6 is 27.3 Å². The molecule has 6 nitrogen and oxygen atoms in total. The summed E-state index contributed by atoms with van der Waals surface area (Å²) in [5.41, 5.74) is -0.675. The van der Waals surface area contributed by atoms with Crippen molar-refractivity contribution in [3.05, 3.63) is 31.9 Å². The third-order valence-corrected chi connectivity index (χ3v) is 5.44. The fraction of sp³-hybridized carbons (Fsp3) is 0.400. The molecule has 0 aromatic carbocycles. The van der Waals surface area contributed by atoms with Gasteiger partial charge in [-0.15, -0.1) is 11.3 Å². The van der Waals surface area contributed by atoms with Crippen LogP contribution in [0.25, 0.3) is 0 Å². The van der Waals surface area contributed by atoms with Crippen molar-refractivity contribution in [3.63, 3.8) is 0 Å². The quantitative estimate of drug-likeness (QED) is 0.700. The number of hydrogen-bond acceptors (Lipinski definition) is 5. The summed E-state index contributed by atoms with van der Waals surface area (Å²) in [6, 6.07) is 0. The minimum absolute atomic E-state index is 0.156. The SMILES string of the molecule is CCOC(=O)c1c(NC(=O)c2c(Br)c(C(F)(F)F)nn2C)sc(C)c1C. The predicted octanol–water partition coefficient (Wildman–Crippen LogP) is 4.31. The highest BCUT2D eigenvalue weighted by Gasteiger charge is 2.39. The Bertz CT molecular complexity index is 874. The van der Waals surface area contributed by atoms with Crippen LogP contribution in [0.1, 0.15) is 43.9 Å².